The fraction of sp³-hybridized carbons (Fsp3) is 0.667. The fourth-order valence-electron chi connectivity index (χ4n) is 1.50. The summed E-state index contributed by atoms with van der Waals surface area (Å²) >= 11 is 2.02. The molecule has 1 aliphatic heterocycles. The van der Waals surface area contributed by atoms with Gasteiger partial charge in [-0.3, -0.25) is 4.68 Å². The van der Waals surface area contributed by atoms with Crippen molar-refractivity contribution < 1.29 is 0 Å². The molecule has 1 fully saturated rings. The highest BCUT2D eigenvalue weighted by Crippen LogP contribution is 2.20. The van der Waals surface area contributed by atoms with E-state index in [1.807, 2.05) is 22.6 Å². The molecule has 0 unspecified atom stereocenters. The lowest BCUT2D eigenvalue weighted by atomic mass is 10.2. The summed E-state index contributed by atoms with van der Waals surface area (Å²) < 4.78 is 1.95. The zero-order chi connectivity index (χ0) is 9.10. The van der Waals surface area contributed by atoms with Gasteiger partial charge in [-0.1, -0.05) is 0 Å². The van der Waals surface area contributed by atoms with E-state index >= 15 is 0 Å². The summed E-state index contributed by atoms with van der Waals surface area (Å²) in [5.74, 6) is 2.52. The molecule has 13 heavy (non-hydrogen) atoms. The normalized spacial score (nSPS) is 22.1. The van der Waals surface area contributed by atoms with Crippen molar-refractivity contribution in [2.24, 2.45) is 0 Å². The summed E-state index contributed by atoms with van der Waals surface area (Å²) in [5.41, 5.74) is 1.16. The van der Waals surface area contributed by atoms with Crippen molar-refractivity contribution in [1.29, 1.82) is 0 Å². The molecule has 0 amide bonds. The molecule has 0 aromatic carbocycles. The molecule has 0 saturated carbocycles. The Bertz CT molecular complexity index is 266. The van der Waals surface area contributed by atoms with Crippen LogP contribution >= 0.6 is 11.8 Å². The van der Waals surface area contributed by atoms with Crippen molar-refractivity contribution in [1.82, 2.24) is 9.78 Å². The Kier molecular flexibility index (Phi) is 2.78. The van der Waals surface area contributed by atoms with E-state index < -0.39 is 0 Å². The van der Waals surface area contributed by atoms with Gasteiger partial charge in [0.15, 0.2) is 0 Å². The average molecular weight is 197 g/mol. The second-order valence-electron chi connectivity index (χ2n) is 3.29. The highest BCUT2D eigenvalue weighted by molar-refractivity contribution is 7.99. The van der Waals surface area contributed by atoms with Crippen molar-refractivity contribution in [2.75, 3.05) is 16.8 Å². The van der Waals surface area contributed by atoms with Crippen LogP contribution < -0.4 is 5.32 Å². The lowest BCUT2D eigenvalue weighted by Crippen LogP contribution is -2.17. The summed E-state index contributed by atoms with van der Waals surface area (Å²) in [7, 11) is 0. The zero-order valence-electron chi connectivity index (χ0n) is 7.86. The van der Waals surface area contributed by atoms with Crippen LogP contribution in [-0.4, -0.2) is 27.3 Å². The van der Waals surface area contributed by atoms with E-state index in [2.05, 4.69) is 23.5 Å². The number of rotatable bonds is 3. The van der Waals surface area contributed by atoms with Gasteiger partial charge in [0.2, 0.25) is 0 Å². The Balaban J connectivity index is 1.92. The topological polar surface area (TPSA) is 29.9 Å². The van der Waals surface area contributed by atoms with Crippen molar-refractivity contribution in [3.63, 3.8) is 0 Å². The first-order chi connectivity index (χ1) is 6.38. The molecule has 1 aliphatic rings. The van der Waals surface area contributed by atoms with Crippen LogP contribution in [0, 0.1) is 0 Å². The van der Waals surface area contributed by atoms with Crippen LogP contribution in [0.3, 0.4) is 0 Å². The molecule has 1 saturated heterocycles. The van der Waals surface area contributed by atoms with Gasteiger partial charge in [-0.15, -0.1) is 0 Å². The minimum atomic E-state index is 0.652. The van der Waals surface area contributed by atoms with E-state index in [1.165, 1.54) is 17.9 Å². The number of hydrogen-bond donors (Lipinski definition) is 1. The number of aryl methyl sites for hydroxylation is 1. The highest BCUT2D eigenvalue weighted by Gasteiger charge is 2.15. The lowest BCUT2D eigenvalue weighted by molar-refractivity contribution is 0.660. The predicted molar refractivity (Wildman–Crippen MR) is 57.3 cm³/mol. The second-order valence-corrected chi connectivity index (χ2v) is 4.44. The molecule has 2 rings (SSSR count). The van der Waals surface area contributed by atoms with Crippen molar-refractivity contribution >= 4 is 17.4 Å². The summed E-state index contributed by atoms with van der Waals surface area (Å²) in [6.07, 6.45) is 5.26. The van der Waals surface area contributed by atoms with Gasteiger partial charge in [-0.05, 0) is 19.1 Å². The van der Waals surface area contributed by atoms with E-state index in [-0.39, 0.29) is 0 Å². The fourth-order valence-corrected chi connectivity index (χ4v) is 2.65. The quantitative estimate of drug-likeness (QED) is 0.801. The third-order valence-electron chi connectivity index (χ3n) is 2.26. The Morgan fingerprint density at radius 2 is 2.69 bits per heavy atom. The van der Waals surface area contributed by atoms with Gasteiger partial charge in [0.1, 0.15) is 0 Å². The van der Waals surface area contributed by atoms with E-state index in [0.29, 0.717) is 6.04 Å². The van der Waals surface area contributed by atoms with E-state index in [1.54, 1.807) is 0 Å². The van der Waals surface area contributed by atoms with E-state index in [0.717, 1.165) is 12.2 Å². The number of anilines is 1. The Labute approximate surface area is 82.9 Å². The SMILES string of the molecule is CCn1cc(N[C@H]2CCSC2)cn1. The van der Waals surface area contributed by atoms with Gasteiger partial charge >= 0.3 is 0 Å². The number of hydrogen-bond acceptors (Lipinski definition) is 3. The van der Waals surface area contributed by atoms with Crippen molar-refractivity contribution in [2.45, 2.75) is 25.9 Å². The van der Waals surface area contributed by atoms with Crippen LogP contribution in [-0.2, 0) is 6.54 Å². The first kappa shape index (κ1) is 8.94. The average Bonchev–Trinajstić information content (AvgIpc) is 2.76. The van der Waals surface area contributed by atoms with Crippen molar-refractivity contribution in [3.8, 4) is 0 Å². The first-order valence-corrected chi connectivity index (χ1v) is 5.90. The summed E-state index contributed by atoms with van der Waals surface area (Å²) in [6.45, 7) is 3.04. The second kappa shape index (κ2) is 4.05. The van der Waals surface area contributed by atoms with E-state index in [9.17, 15) is 0 Å². The molecule has 1 aromatic rings. The molecule has 0 spiro atoms. The minimum absolute atomic E-state index is 0.652. The number of nitrogens with one attached hydrogen (secondary N) is 1. The van der Waals surface area contributed by atoms with Crippen LogP contribution in [0.2, 0.25) is 0 Å². The van der Waals surface area contributed by atoms with Crippen LogP contribution in [0.15, 0.2) is 12.4 Å². The summed E-state index contributed by atoms with van der Waals surface area (Å²) in [5, 5.41) is 7.72. The molecule has 1 atom stereocenters. The molecule has 3 nitrogen and oxygen atoms in total. The monoisotopic (exact) mass is 197 g/mol. The Morgan fingerprint density at radius 1 is 1.77 bits per heavy atom. The van der Waals surface area contributed by atoms with Crippen LogP contribution in [0.1, 0.15) is 13.3 Å². The molecule has 4 heteroatoms. The predicted octanol–water partition coefficient (Wildman–Crippen LogP) is 1.82. The lowest BCUT2D eigenvalue weighted by Gasteiger charge is -2.09. The van der Waals surface area contributed by atoms with E-state index in [4.69, 9.17) is 0 Å². The number of nitrogens with zero attached hydrogens (tertiary/aromatic N) is 2. The number of thioether (sulfide) groups is 1. The van der Waals surface area contributed by atoms with Gasteiger partial charge in [-0.25, -0.2) is 0 Å². The molecule has 0 radical (unpaired) electrons. The maximum absolute atomic E-state index is 4.22. The molecule has 0 aliphatic carbocycles. The molecule has 1 aromatic heterocycles. The largest absolute Gasteiger partial charge is 0.379 e. The van der Waals surface area contributed by atoms with Gasteiger partial charge in [0, 0.05) is 24.5 Å². The zero-order valence-corrected chi connectivity index (χ0v) is 8.68. The minimum Gasteiger partial charge on any atom is -0.379 e. The number of aromatic nitrogens is 2. The maximum atomic E-state index is 4.22. The maximum Gasteiger partial charge on any atom is 0.0728 e. The standard InChI is InChI=1S/C9H15N3S/c1-2-12-6-9(5-10-12)11-8-3-4-13-7-8/h5-6,8,11H,2-4,7H2,1H3/t8-/m0/s1. The van der Waals surface area contributed by atoms with Crippen molar-refractivity contribution in [3.05, 3.63) is 12.4 Å². The molecular weight excluding hydrogens is 182 g/mol. The Morgan fingerprint density at radius 3 is 3.31 bits per heavy atom. The smallest absolute Gasteiger partial charge is 0.0728 e. The van der Waals surface area contributed by atoms with Crippen LogP contribution in [0.5, 0.6) is 0 Å². The molecule has 1 N–H and O–H groups in total. The van der Waals surface area contributed by atoms with Gasteiger partial charge in [-0.2, -0.15) is 16.9 Å². The summed E-state index contributed by atoms with van der Waals surface area (Å²) in [4.78, 5) is 0. The van der Waals surface area contributed by atoms with Crippen LogP contribution in [0.25, 0.3) is 0 Å². The summed E-state index contributed by atoms with van der Waals surface area (Å²) in [6, 6.07) is 0.652. The third-order valence-corrected chi connectivity index (χ3v) is 3.42. The van der Waals surface area contributed by atoms with Crippen LogP contribution in [0.4, 0.5) is 5.69 Å². The van der Waals surface area contributed by atoms with Gasteiger partial charge < -0.3 is 5.32 Å². The molecule has 72 valence electrons. The highest BCUT2D eigenvalue weighted by atomic mass is 32.2. The first-order valence-electron chi connectivity index (χ1n) is 4.75. The molecule has 2 heterocycles. The molecule has 0 bridgehead atoms. The third kappa shape index (κ3) is 2.18. The molecular formula is C9H15N3S. The van der Waals surface area contributed by atoms with Gasteiger partial charge in [0.05, 0.1) is 11.9 Å². The Hall–Kier alpha value is -0.640. The van der Waals surface area contributed by atoms with Gasteiger partial charge in [0.25, 0.3) is 0 Å².